The van der Waals surface area contributed by atoms with E-state index in [1.165, 1.54) is 33.3 Å². The van der Waals surface area contributed by atoms with Crippen molar-refractivity contribution < 1.29 is 4.39 Å². The van der Waals surface area contributed by atoms with E-state index in [1.54, 1.807) is 12.1 Å². The first-order valence-corrected chi connectivity index (χ1v) is 13.4. The molecular weight excluding hydrogens is 497 g/mol. The van der Waals surface area contributed by atoms with E-state index < -0.39 is 0 Å². The summed E-state index contributed by atoms with van der Waals surface area (Å²) in [6, 6.07) is 18.0. The molecule has 5 nitrogen and oxygen atoms in total. The molecule has 6 rings (SSSR count). The number of likely N-dealkylation sites (N-methyl/N-ethyl adjacent to an activating group) is 1. The molecule has 4 heterocycles. The van der Waals surface area contributed by atoms with E-state index >= 15 is 0 Å². The molecule has 0 bridgehead atoms. The van der Waals surface area contributed by atoms with E-state index in [9.17, 15) is 4.39 Å². The average molecular weight is 534 g/mol. The summed E-state index contributed by atoms with van der Waals surface area (Å²) in [5.41, 5.74) is 8.82. The first-order chi connectivity index (χ1) is 18.0. The first kappa shape index (κ1) is 26.7. The van der Waals surface area contributed by atoms with Crippen LogP contribution in [0.5, 0.6) is 0 Å². The number of anilines is 1. The minimum atomic E-state index is -0.197. The van der Waals surface area contributed by atoms with Crippen LogP contribution >= 0.6 is 12.4 Å². The van der Waals surface area contributed by atoms with Crippen molar-refractivity contribution >= 4 is 29.1 Å². The van der Waals surface area contributed by atoms with Gasteiger partial charge in [0.2, 0.25) is 0 Å². The van der Waals surface area contributed by atoms with Crippen LogP contribution in [0.4, 0.5) is 10.2 Å². The lowest BCUT2D eigenvalue weighted by Gasteiger charge is -2.33. The number of halogens is 2. The quantitative estimate of drug-likeness (QED) is 0.335. The fourth-order valence-electron chi connectivity index (χ4n) is 5.88. The third-order valence-corrected chi connectivity index (χ3v) is 8.31. The molecule has 0 saturated carbocycles. The van der Waals surface area contributed by atoms with Gasteiger partial charge in [0.1, 0.15) is 5.82 Å². The van der Waals surface area contributed by atoms with Crippen LogP contribution < -0.4 is 4.90 Å². The molecular formula is C31H37ClFN5. The predicted molar refractivity (Wildman–Crippen MR) is 156 cm³/mol. The summed E-state index contributed by atoms with van der Waals surface area (Å²) < 4.78 is 16.0. The highest BCUT2D eigenvalue weighted by Gasteiger charge is 2.25. The van der Waals surface area contributed by atoms with Crippen molar-refractivity contribution in [2.24, 2.45) is 0 Å². The Morgan fingerprint density at radius 3 is 2.32 bits per heavy atom. The summed E-state index contributed by atoms with van der Waals surface area (Å²) in [5, 5.41) is 1.28. The highest BCUT2D eigenvalue weighted by atomic mass is 35.5. The molecule has 0 N–H and O–H groups in total. The minimum Gasteiger partial charge on any atom is -0.350 e. The molecule has 4 aromatic rings. The number of hydrogen-bond donors (Lipinski definition) is 0. The Labute approximate surface area is 231 Å². The van der Waals surface area contributed by atoms with Crippen LogP contribution in [0.3, 0.4) is 0 Å². The largest absolute Gasteiger partial charge is 0.350 e. The summed E-state index contributed by atoms with van der Waals surface area (Å²) in [4.78, 5) is 12.8. The number of hydrogen-bond acceptors (Lipinski definition) is 4. The van der Waals surface area contributed by atoms with Crippen molar-refractivity contribution in [1.82, 2.24) is 19.4 Å². The fourth-order valence-corrected chi connectivity index (χ4v) is 5.88. The number of fused-ring (bicyclic) bond motifs is 2. The highest BCUT2D eigenvalue weighted by molar-refractivity contribution is 5.94. The number of pyridine rings is 1. The van der Waals surface area contributed by atoms with Gasteiger partial charge in [-0.1, -0.05) is 36.4 Å². The van der Waals surface area contributed by atoms with E-state index in [4.69, 9.17) is 4.98 Å². The lowest BCUT2D eigenvalue weighted by atomic mass is 10.00. The van der Waals surface area contributed by atoms with Crippen LogP contribution in [0.1, 0.15) is 33.6 Å². The summed E-state index contributed by atoms with van der Waals surface area (Å²) in [7, 11) is 2.20. The fraction of sp³-hybridized carbons (Fsp3) is 0.387. The van der Waals surface area contributed by atoms with Gasteiger partial charge in [0.15, 0.2) is 5.82 Å². The SMILES string of the molecule is Cc1c(C)n(Cc2ccc(F)cc2)c2c(N3CCc4ccccc4C3)nc(CN3CCN(C)CC3)cc12.Cl. The van der Waals surface area contributed by atoms with Gasteiger partial charge in [0.05, 0.1) is 11.2 Å². The maximum absolute atomic E-state index is 13.6. The van der Waals surface area contributed by atoms with Crippen molar-refractivity contribution in [2.45, 2.75) is 39.9 Å². The molecule has 38 heavy (non-hydrogen) atoms. The lowest BCUT2D eigenvalue weighted by molar-refractivity contribution is 0.147. The van der Waals surface area contributed by atoms with Crippen LogP contribution in [0.15, 0.2) is 54.6 Å². The Bertz CT molecular complexity index is 1420. The van der Waals surface area contributed by atoms with Crippen LogP contribution in [0.25, 0.3) is 10.9 Å². The van der Waals surface area contributed by atoms with Crippen molar-refractivity contribution in [3.05, 3.63) is 94.1 Å². The van der Waals surface area contributed by atoms with Gasteiger partial charge in [-0.3, -0.25) is 4.90 Å². The number of aryl methyl sites for hydroxylation is 1. The van der Waals surface area contributed by atoms with Crippen LogP contribution in [0, 0.1) is 19.7 Å². The Hall–Kier alpha value is -2.93. The van der Waals surface area contributed by atoms with Crippen molar-refractivity contribution in [3.8, 4) is 0 Å². The third kappa shape index (κ3) is 5.18. The Balaban J connectivity index is 0.00000294. The van der Waals surface area contributed by atoms with Gasteiger partial charge in [-0.2, -0.15) is 0 Å². The molecule has 0 aliphatic carbocycles. The summed E-state index contributed by atoms with van der Waals surface area (Å²) >= 11 is 0. The topological polar surface area (TPSA) is 27.5 Å². The van der Waals surface area contributed by atoms with Gasteiger partial charge in [-0.05, 0) is 67.8 Å². The first-order valence-electron chi connectivity index (χ1n) is 13.4. The van der Waals surface area contributed by atoms with Gasteiger partial charge >= 0.3 is 0 Å². The maximum atomic E-state index is 13.6. The van der Waals surface area contributed by atoms with Crippen molar-refractivity contribution in [1.29, 1.82) is 0 Å². The number of aromatic nitrogens is 2. The van der Waals surface area contributed by atoms with E-state index in [1.807, 2.05) is 12.1 Å². The van der Waals surface area contributed by atoms with E-state index in [0.29, 0.717) is 6.54 Å². The molecule has 0 radical (unpaired) electrons. The lowest BCUT2D eigenvalue weighted by Crippen LogP contribution is -2.44. The zero-order valence-electron chi connectivity index (χ0n) is 22.6. The molecule has 0 unspecified atom stereocenters. The van der Waals surface area contributed by atoms with Crippen LogP contribution in [0.2, 0.25) is 0 Å². The van der Waals surface area contributed by atoms with E-state index in [2.05, 4.69) is 70.5 Å². The van der Waals surface area contributed by atoms with Gasteiger partial charge in [-0.25, -0.2) is 9.37 Å². The standard InChI is InChI=1S/C31H36FN5.ClH/c1-22-23(2)37(19-24-8-10-27(32)11-9-24)30-29(22)18-28(21-35-16-14-34(3)15-17-35)33-31(30)36-13-12-25-6-4-5-7-26(25)20-36;/h4-11,18H,12-17,19-21H2,1-3H3;1H. The second kappa shape index (κ2) is 11.0. The molecule has 2 aliphatic rings. The van der Waals surface area contributed by atoms with Gasteiger partial charge in [0.25, 0.3) is 0 Å². The van der Waals surface area contributed by atoms with Gasteiger partial charge < -0.3 is 14.4 Å². The summed E-state index contributed by atoms with van der Waals surface area (Å²) in [6.45, 7) is 12.2. The van der Waals surface area contributed by atoms with Gasteiger partial charge in [0, 0.05) is 63.4 Å². The Kier molecular flexibility index (Phi) is 7.75. The molecule has 2 aromatic heterocycles. The number of benzene rings is 2. The smallest absolute Gasteiger partial charge is 0.153 e. The molecule has 7 heteroatoms. The zero-order valence-corrected chi connectivity index (χ0v) is 23.4. The van der Waals surface area contributed by atoms with Crippen molar-refractivity contribution in [3.63, 3.8) is 0 Å². The van der Waals surface area contributed by atoms with Crippen LogP contribution in [-0.4, -0.2) is 59.1 Å². The second-order valence-electron chi connectivity index (χ2n) is 10.8. The molecule has 200 valence electrons. The van der Waals surface area contributed by atoms with E-state index in [-0.39, 0.29) is 18.2 Å². The normalized spacial score (nSPS) is 16.5. The minimum absolute atomic E-state index is 0. The molecule has 1 fully saturated rings. The Morgan fingerprint density at radius 1 is 0.868 bits per heavy atom. The summed E-state index contributed by atoms with van der Waals surface area (Å²) in [6.07, 6.45) is 1.03. The van der Waals surface area contributed by atoms with Crippen molar-refractivity contribution in [2.75, 3.05) is 44.7 Å². The predicted octanol–water partition coefficient (Wildman–Crippen LogP) is 5.57. The molecule has 2 aromatic carbocycles. The number of piperazine rings is 1. The molecule has 1 saturated heterocycles. The second-order valence-corrected chi connectivity index (χ2v) is 10.8. The highest BCUT2D eigenvalue weighted by Crippen LogP contribution is 2.35. The number of rotatable bonds is 5. The third-order valence-electron chi connectivity index (χ3n) is 8.31. The Morgan fingerprint density at radius 2 is 1.58 bits per heavy atom. The maximum Gasteiger partial charge on any atom is 0.153 e. The van der Waals surface area contributed by atoms with E-state index in [0.717, 1.165) is 69.3 Å². The average Bonchev–Trinajstić information content (AvgIpc) is 3.15. The van der Waals surface area contributed by atoms with Gasteiger partial charge in [-0.15, -0.1) is 12.4 Å². The molecule has 0 amide bonds. The molecule has 0 atom stereocenters. The number of nitrogens with zero attached hydrogens (tertiary/aromatic N) is 5. The molecule has 2 aliphatic heterocycles. The monoisotopic (exact) mass is 533 g/mol. The zero-order chi connectivity index (χ0) is 25.5. The van der Waals surface area contributed by atoms with Crippen LogP contribution in [-0.2, 0) is 26.1 Å². The summed E-state index contributed by atoms with van der Waals surface area (Å²) in [5.74, 6) is 0.881. The molecule has 0 spiro atoms.